The van der Waals surface area contributed by atoms with Crippen molar-refractivity contribution in [2.75, 3.05) is 6.61 Å². The van der Waals surface area contributed by atoms with E-state index < -0.39 is 43.3 Å². The predicted octanol–water partition coefficient (Wildman–Crippen LogP) is 2.81. The summed E-state index contributed by atoms with van der Waals surface area (Å²) < 4.78 is 10.2. The number of aliphatic hydroxyl groups is 4. The van der Waals surface area contributed by atoms with Crippen LogP contribution in [-0.2, 0) is 14.3 Å². The average molecular weight is 419 g/mol. The van der Waals surface area contributed by atoms with Gasteiger partial charge in [0.25, 0.3) is 0 Å². The van der Waals surface area contributed by atoms with E-state index in [2.05, 4.69) is 6.92 Å². The minimum absolute atomic E-state index is 0.215. The first-order valence-corrected chi connectivity index (χ1v) is 11.5. The molecule has 1 rings (SSSR count). The molecule has 1 fully saturated rings. The van der Waals surface area contributed by atoms with Gasteiger partial charge in [0.2, 0.25) is 6.29 Å². The molecule has 4 N–H and O–H groups in total. The van der Waals surface area contributed by atoms with Crippen LogP contribution in [0.25, 0.3) is 0 Å². The van der Waals surface area contributed by atoms with E-state index >= 15 is 0 Å². The molecule has 172 valence electrons. The monoisotopic (exact) mass is 418 g/mol. The Morgan fingerprint density at radius 3 is 1.72 bits per heavy atom. The summed E-state index contributed by atoms with van der Waals surface area (Å²) in [7, 11) is 0. The van der Waals surface area contributed by atoms with Gasteiger partial charge in [-0.05, 0) is 6.42 Å². The standard InChI is InChI=1S/C22H42O7/c1-2-3-4-5-6-7-8-9-10-11-12-13-14-15-18(24)29-22-21(27)20(26)19(25)17(16-23)28-22/h17,19-23,25-27H,2-16H2,1H3/t17-,19-,20-,21+,22?/m1/s1. The highest BCUT2D eigenvalue weighted by molar-refractivity contribution is 5.69. The minimum Gasteiger partial charge on any atom is -0.433 e. The Balaban J connectivity index is 2.00. The van der Waals surface area contributed by atoms with Crippen LogP contribution in [0.2, 0.25) is 0 Å². The first-order valence-electron chi connectivity index (χ1n) is 11.5. The molecular weight excluding hydrogens is 376 g/mol. The highest BCUT2D eigenvalue weighted by atomic mass is 16.7. The molecule has 1 aliphatic rings. The molecule has 0 aromatic carbocycles. The molecule has 0 aliphatic carbocycles. The van der Waals surface area contributed by atoms with Gasteiger partial charge in [0.1, 0.15) is 24.4 Å². The predicted molar refractivity (Wildman–Crippen MR) is 110 cm³/mol. The summed E-state index contributed by atoms with van der Waals surface area (Å²) in [4.78, 5) is 11.9. The minimum atomic E-state index is -1.54. The van der Waals surface area contributed by atoms with Crippen LogP contribution in [0.1, 0.15) is 96.8 Å². The third-order valence-corrected chi connectivity index (χ3v) is 5.58. The van der Waals surface area contributed by atoms with Gasteiger partial charge in [-0.1, -0.05) is 84.0 Å². The number of rotatable bonds is 16. The van der Waals surface area contributed by atoms with Crippen molar-refractivity contribution in [3.63, 3.8) is 0 Å². The smallest absolute Gasteiger partial charge is 0.308 e. The van der Waals surface area contributed by atoms with E-state index in [9.17, 15) is 20.1 Å². The van der Waals surface area contributed by atoms with E-state index in [0.717, 1.165) is 12.8 Å². The summed E-state index contributed by atoms with van der Waals surface area (Å²) in [5.41, 5.74) is 0. The Hall–Kier alpha value is -0.730. The van der Waals surface area contributed by atoms with E-state index in [1.54, 1.807) is 0 Å². The van der Waals surface area contributed by atoms with Crippen LogP contribution >= 0.6 is 0 Å². The fourth-order valence-corrected chi connectivity index (χ4v) is 3.64. The van der Waals surface area contributed by atoms with E-state index in [1.807, 2.05) is 0 Å². The Labute approximate surface area is 175 Å². The van der Waals surface area contributed by atoms with Crippen LogP contribution < -0.4 is 0 Å². The zero-order valence-corrected chi connectivity index (χ0v) is 18.0. The summed E-state index contributed by atoms with van der Waals surface area (Å²) >= 11 is 0. The number of unbranched alkanes of at least 4 members (excludes halogenated alkanes) is 12. The van der Waals surface area contributed by atoms with Crippen LogP contribution in [0.5, 0.6) is 0 Å². The quantitative estimate of drug-likeness (QED) is 0.225. The van der Waals surface area contributed by atoms with Crippen molar-refractivity contribution in [1.29, 1.82) is 0 Å². The average Bonchev–Trinajstić information content (AvgIpc) is 2.71. The Morgan fingerprint density at radius 2 is 1.24 bits per heavy atom. The van der Waals surface area contributed by atoms with E-state index in [-0.39, 0.29) is 6.42 Å². The molecular formula is C22H42O7. The molecule has 5 atom stereocenters. The first-order chi connectivity index (χ1) is 14.0. The Morgan fingerprint density at radius 1 is 0.759 bits per heavy atom. The third kappa shape index (κ3) is 10.7. The first kappa shape index (κ1) is 26.3. The zero-order chi connectivity index (χ0) is 21.5. The van der Waals surface area contributed by atoms with Crippen molar-refractivity contribution in [2.45, 2.75) is 128 Å². The van der Waals surface area contributed by atoms with E-state index in [1.165, 1.54) is 64.2 Å². The number of carbonyl (C=O) groups is 1. The number of ether oxygens (including phenoxy) is 2. The van der Waals surface area contributed by atoms with E-state index in [4.69, 9.17) is 14.6 Å². The second-order valence-corrected chi connectivity index (χ2v) is 8.18. The molecule has 0 aromatic rings. The van der Waals surface area contributed by atoms with Crippen LogP contribution in [0.15, 0.2) is 0 Å². The van der Waals surface area contributed by atoms with Gasteiger partial charge in [0, 0.05) is 6.42 Å². The zero-order valence-electron chi connectivity index (χ0n) is 18.0. The van der Waals surface area contributed by atoms with Gasteiger partial charge < -0.3 is 29.9 Å². The van der Waals surface area contributed by atoms with Crippen molar-refractivity contribution in [3.05, 3.63) is 0 Å². The van der Waals surface area contributed by atoms with Crippen LogP contribution in [-0.4, -0.2) is 63.7 Å². The second kappa shape index (κ2) is 16.0. The highest BCUT2D eigenvalue weighted by Crippen LogP contribution is 2.22. The van der Waals surface area contributed by atoms with Crippen molar-refractivity contribution in [1.82, 2.24) is 0 Å². The van der Waals surface area contributed by atoms with Crippen LogP contribution in [0, 0.1) is 0 Å². The lowest BCUT2D eigenvalue weighted by Gasteiger charge is -2.39. The lowest BCUT2D eigenvalue weighted by atomic mass is 9.99. The second-order valence-electron chi connectivity index (χ2n) is 8.18. The molecule has 1 saturated heterocycles. The molecule has 0 amide bonds. The lowest BCUT2D eigenvalue weighted by Crippen LogP contribution is -2.59. The maximum absolute atomic E-state index is 11.9. The molecule has 0 spiro atoms. The number of hydrogen-bond donors (Lipinski definition) is 4. The van der Waals surface area contributed by atoms with Gasteiger partial charge in [-0.2, -0.15) is 0 Å². The van der Waals surface area contributed by atoms with Gasteiger partial charge in [-0.25, -0.2) is 0 Å². The third-order valence-electron chi connectivity index (χ3n) is 5.58. The summed E-state index contributed by atoms with van der Waals surface area (Å²) in [5, 5.41) is 38.4. The van der Waals surface area contributed by atoms with Gasteiger partial charge in [-0.3, -0.25) is 4.79 Å². The number of esters is 1. The van der Waals surface area contributed by atoms with Gasteiger partial charge in [-0.15, -0.1) is 0 Å². The summed E-state index contributed by atoms with van der Waals surface area (Å²) in [6.45, 7) is 1.70. The summed E-state index contributed by atoms with van der Waals surface area (Å²) in [6.07, 6.45) is 9.10. The Kier molecular flexibility index (Phi) is 14.5. The normalized spacial score (nSPS) is 27.1. The van der Waals surface area contributed by atoms with Crippen LogP contribution in [0.4, 0.5) is 0 Å². The fraction of sp³-hybridized carbons (Fsp3) is 0.955. The van der Waals surface area contributed by atoms with Crippen LogP contribution in [0.3, 0.4) is 0 Å². The molecule has 7 nitrogen and oxygen atoms in total. The topological polar surface area (TPSA) is 116 Å². The highest BCUT2D eigenvalue weighted by Gasteiger charge is 2.45. The SMILES string of the molecule is CCCCCCCCCCCCCCCC(=O)OC1O[C@H](CO)[C@@H](O)[C@@H](O)[C@@H]1O. The van der Waals surface area contributed by atoms with Gasteiger partial charge in [0.05, 0.1) is 6.61 Å². The van der Waals surface area contributed by atoms with Gasteiger partial charge in [0.15, 0.2) is 0 Å². The maximum Gasteiger partial charge on any atom is 0.308 e. The van der Waals surface area contributed by atoms with Crippen molar-refractivity contribution < 1.29 is 34.7 Å². The van der Waals surface area contributed by atoms with Crippen molar-refractivity contribution in [2.24, 2.45) is 0 Å². The van der Waals surface area contributed by atoms with Crippen molar-refractivity contribution in [3.8, 4) is 0 Å². The largest absolute Gasteiger partial charge is 0.433 e. The molecule has 0 saturated carbocycles. The lowest BCUT2D eigenvalue weighted by molar-refractivity contribution is -0.292. The fourth-order valence-electron chi connectivity index (χ4n) is 3.64. The molecule has 0 bridgehead atoms. The Bertz CT molecular complexity index is 416. The van der Waals surface area contributed by atoms with E-state index in [0.29, 0.717) is 6.42 Å². The molecule has 1 aliphatic heterocycles. The molecule has 1 heterocycles. The molecule has 0 radical (unpaired) electrons. The molecule has 0 aromatic heterocycles. The summed E-state index contributed by atoms with van der Waals surface area (Å²) in [5.74, 6) is -0.516. The number of hydrogen-bond acceptors (Lipinski definition) is 7. The van der Waals surface area contributed by atoms with Gasteiger partial charge >= 0.3 is 5.97 Å². The summed E-state index contributed by atoms with van der Waals surface area (Å²) in [6, 6.07) is 0. The molecule has 1 unspecified atom stereocenters. The number of aliphatic hydroxyl groups excluding tert-OH is 4. The molecule has 29 heavy (non-hydrogen) atoms. The maximum atomic E-state index is 11.9. The van der Waals surface area contributed by atoms with Crippen molar-refractivity contribution >= 4 is 5.97 Å². The molecule has 7 heteroatoms. The number of carbonyl (C=O) groups excluding carboxylic acids is 1.